The first-order valence-corrected chi connectivity index (χ1v) is 10.8. The second-order valence-corrected chi connectivity index (χ2v) is 8.60. The van der Waals surface area contributed by atoms with Crippen LogP contribution in [0.4, 0.5) is 19.9 Å². The summed E-state index contributed by atoms with van der Waals surface area (Å²) in [6, 6.07) is 8.46. The van der Waals surface area contributed by atoms with Crippen molar-refractivity contribution in [1.82, 2.24) is 14.2 Å². The Kier molecular flexibility index (Phi) is 4.76. The third-order valence-electron chi connectivity index (χ3n) is 5.36. The average Bonchev–Trinajstić information content (AvgIpc) is 3.42. The first-order valence-electron chi connectivity index (χ1n) is 9.34. The lowest BCUT2D eigenvalue weighted by molar-refractivity contribution is 0.626. The Morgan fingerprint density at radius 3 is 2.29 bits per heavy atom. The Morgan fingerprint density at radius 2 is 1.64 bits per heavy atom. The minimum absolute atomic E-state index is 0.0223. The fourth-order valence-electron chi connectivity index (χ4n) is 4.13. The van der Waals surface area contributed by atoms with Crippen molar-refractivity contribution >= 4 is 35.7 Å². The summed E-state index contributed by atoms with van der Waals surface area (Å²) in [5, 5.41) is 8.04. The number of aryl methyl sites for hydroxylation is 2. The lowest BCUT2D eigenvalue weighted by atomic mass is 9.99. The van der Waals surface area contributed by atoms with E-state index in [1.165, 1.54) is 50.2 Å². The molecule has 2 aliphatic rings. The van der Waals surface area contributed by atoms with E-state index in [1.54, 1.807) is 12.1 Å². The maximum absolute atomic E-state index is 13.5. The fourth-order valence-corrected chi connectivity index (χ4v) is 5.18. The van der Waals surface area contributed by atoms with Crippen molar-refractivity contribution in [1.29, 1.82) is 0 Å². The summed E-state index contributed by atoms with van der Waals surface area (Å²) < 4.78 is 27.8. The molecular formula is C20H18F2N4S2. The number of benzene rings is 2. The van der Waals surface area contributed by atoms with Crippen LogP contribution in [0.2, 0.25) is 0 Å². The van der Waals surface area contributed by atoms with Crippen LogP contribution in [0.15, 0.2) is 40.4 Å². The smallest absolute Gasteiger partial charge is 0.239 e. The standard InChI is InChI=1S/C20H18F2N4S2/c21-14-7-9-15(10-8-14)27-20-24-19(26(25-20)28-22)23-18-16-5-1-3-12(16)11-13-4-2-6-17(13)18/h7-11H,1-6H2,(H,23,24,25). The van der Waals surface area contributed by atoms with Crippen LogP contribution in [-0.2, 0) is 25.7 Å². The average molecular weight is 417 g/mol. The number of halogens is 2. The molecule has 0 atom stereocenters. The van der Waals surface area contributed by atoms with E-state index in [9.17, 15) is 8.28 Å². The van der Waals surface area contributed by atoms with Crippen molar-refractivity contribution in [2.45, 2.75) is 48.6 Å². The lowest BCUT2D eigenvalue weighted by Gasteiger charge is -2.16. The predicted octanol–water partition coefficient (Wildman–Crippen LogP) is 5.67. The monoisotopic (exact) mass is 416 g/mol. The van der Waals surface area contributed by atoms with E-state index in [4.69, 9.17) is 0 Å². The van der Waals surface area contributed by atoms with Crippen LogP contribution in [0.5, 0.6) is 0 Å². The van der Waals surface area contributed by atoms with E-state index in [0.717, 1.165) is 49.1 Å². The van der Waals surface area contributed by atoms with E-state index in [2.05, 4.69) is 21.5 Å². The van der Waals surface area contributed by atoms with Crippen molar-refractivity contribution in [3.8, 4) is 0 Å². The molecule has 8 heteroatoms. The number of rotatable bonds is 5. The molecule has 0 amide bonds. The highest BCUT2D eigenvalue weighted by molar-refractivity contribution is 7.99. The summed E-state index contributed by atoms with van der Waals surface area (Å²) in [5.74, 6) is 0.0859. The Hall–Kier alpha value is -2.06. The predicted molar refractivity (Wildman–Crippen MR) is 108 cm³/mol. The minimum atomic E-state index is -0.295. The molecule has 144 valence electrons. The third kappa shape index (κ3) is 3.28. The van der Waals surface area contributed by atoms with Gasteiger partial charge in [-0.2, -0.15) is 4.98 Å². The number of hydrogen-bond donors (Lipinski definition) is 1. The Morgan fingerprint density at radius 1 is 0.964 bits per heavy atom. The molecule has 0 saturated carbocycles. The molecule has 28 heavy (non-hydrogen) atoms. The van der Waals surface area contributed by atoms with Crippen molar-refractivity contribution in [2.24, 2.45) is 0 Å². The van der Waals surface area contributed by atoms with Gasteiger partial charge in [-0.15, -0.1) is 13.1 Å². The number of aromatic nitrogens is 3. The largest absolute Gasteiger partial charge is 0.323 e. The van der Waals surface area contributed by atoms with Gasteiger partial charge < -0.3 is 5.32 Å². The molecule has 0 spiro atoms. The normalized spacial score (nSPS) is 14.9. The first kappa shape index (κ1) is 18.0. The van der Waals surface area contributed by atoms with Gasteiger partial charge in [0.15, 0.2) is 12.3 Å². The molecule has 0 saturated heterocycles. The molecule has 1 aromatic heterocycles. The zero-order valence-electron chi connectivity index (χ0n) is 15.0. The van der Waals surface area contributed by atoms with Crippen LogP contribution in [0.25, 0.3) is 0 Å². The van der Waals surface area contributed by atoms with Crippen LogP contribution in [0.1, 0.15) is 35.1 Å². The molecule has 0 radical (unpaired) electrons. The topological polar surface area (TPSA) is 42.7 Å². The van der Waals surface area contributed by atoms with Crippen LogP contribution >= 0.6 is 24.1 Å². The summed E-state index contributed by atoms with van der Waals surface area (Å²) >= 11 is 1.30. The van der Waals surface area contributed by atoms with E-state index >= 15 is 0 Å². The molecule has 3 aromatic rings. The maximum atomic E-state index is 13.5. The molecule has 0 bridgehead atoms. The second kappa shape index (κ2) is 7.40. The van der Waals surface area contributed by atoms with Gasteiger partial charge in [-0.1, -0.05) is 6.07 Å². The van der Waals surface area contributed by atoms with Crippen LogP contribution in [-0.4, -0.2) is 14.2 Å². The second-order valence-electron chi connectivity index (χ2n) is 7.07. The van der Waals surface area contributed by atoms with Gasteiger partial charge in [0.05, 0.1) is 0 Å². The molecule has 0 unspecified atom stereocenters. The SMILES string of the molecule is FSn1nc(Sc2ccc(F)cc2)nc1Nc1c2c(cc3c1CCC3)CCC2. The van der Waals surface area contributed by atoms with Gasteiger partial charge in [0.1, 0.15) is 5.82 Å². The zero-order valence-corrected chi connectivity index (χ0v) is 16.7. The summed E-state index contributed by atoms with van der Waals surface area (Å²) in [7, 11) is 0. The molecule has 0 fully saturated rings. The van der Waals surface area contributed by atoms with Gasteiger partial charge in [0, 0.05) is 10.6 Å². The number of nitrogens with zero attached hydrogens (tertiary/aromatic N) is 3. The van der Waals surface area contributed by atoms with Gasteiger partial charge >= 0.3 is 0 Å². The molecule has 2 aromatic carbocycles. The Labute approximate surface area is 170 Å². The molecular weight excluding hydrogens is 398 g/mol. The highest BCUT2D eigenvalue weighted by atomic mass is 32.2. The van der Waals surface area contributed by atoms with Crippen LogP contribution < -0.4 is 5.32 Å². The summed E-state index contributed by atoms with van der Waals surface area (Å²) in [5.41, 5.74) is 6.59. The molecule has 4 nitrogen and oxygen atoms in total. The first-order chi connectivity index (χ1) is 13.7. The van der Waals surface area contributed by atoms with E-state index < -0.39 is 0 Å². The minimum Gasteiger partial charge on any atom is -0.323 e. The number of hydrogen-bond acceptors (Lipinski definition) is 5. The van der Waals surface area contributed by atoms with E-state index in [0.29, 0.717) is 11.1 Å². The van der Waals surface area contributed by atoms with Gasteiger partial charge in [-0.05, 0) is 96.8 Å². The molecule has 1 heterocycles. The highest BCUT2D eigenvalue weighted by Crippen LogP contribution is 2.40. The van der Waals surface area contributed by atoms with Crippen molar-refractivity contribution in [2.75, 3.05) is 5.32 Å². The number of nitrogens with one attached hydrogen (secondary N) is 1. The van der Waals surface area contributed by atoms with Gasteiger partial charge in [-0.25, -0.2) is 4.39 Å². The highest BCUT2D eigenvalue weighted by Gasteiger charge is 2.25. The van der Waals surface area contributed by atoms with Crippen molar-refractivity contribution < 1.29 is 8.28 Å². The van der Waals surface area contributed by atoms with Crippen LogP contribution in [0.3, 0.4) is 0 Å². The quantitative estimate of drug-likeness (QED) is 0.580. The summed E-state index contributed by atoms with van der Waals surface area (Å²) in [6.45, 7) is 0. The van der Waals surface area contributed by atoms with E-state index in [1.807, 2.05) is 0 Å². The molecule has 0 aliphatic heterocycles. The molecule has 2 aliphatic carbocycles. The Balaban J connectivity index is 1.48. The van der Waals surface area contributed by atoms with Crippen LogP contribution in [0, 0.1) is 5.82 Å². The number of fused-ring (bicyclic) bond motifs is 2. The zero-order chi connectivity index (χ0) is 19.1. The molecule has 5 rings (SSSR count). The fraction of sp³-hybridized carbons (Fsp3) is 0.300. The molecule has 1 N–H and O–H groups in total. The summed E-state index contributed by atoms with van der Waals surface area (Å²) in [4.78, 5) is 5.30. The van der Waals surface area contributed by atoms with Gasteiger partial charge in [0.25, 0.3) is 0 Å². The van der Waals surface area contributed by atoms with Gasteiger partial charge in [0.2, 0.25) is 11.1 Å². The van der Waals surface area contributed by atoms with Crippen molar-refractivity contribution in [3.05, 3.63) is 58.4 Å². The summed E-state index contributed by atoms with van der Waals surface area (Å²) in [6.07, 6.45) is 6.60. The third-order valence-corrected chi connectivity index (χ3v) is 6.61. The number of anilines is 2. The van der Waals surface area contributed by atoms with Crippen molar-refractivity contribution in [3.63, 3.8) is 0 Å². The Bertz CT molecular complexity index is 1000. The van der Waals surface area contributed by atoms with E-state index in [-0.39, 0.29) is 18.2 Å². The maximum Gasteiger partial charge on any atom is 0.239 e. The van der Waals surface area contributed by atoms with Gasteiger partial charge in [-0.3, -0.25) is 0 Å². The lowest BCUT2D eigenvalue weighted by Crippen LogP contribution is -2.05.